The van der Waals surface area contributed by atoms with Crippen LogP contribution >= 0.6 is 15.9 Å². The van der Waals surface area contributed by atoms with Crippen molar-refractivity contribution in [3.63, 3.8) is 0 Å². The van der Waals surface area contributed by atoms with Gasteiger partial charge in [-0.1, -0.05) is 15.9 Å². The fourth-order valence-electron chi connectivity index (χ4n) is 2.32. The van der Waals surface area contributed by atoms with Crippen molar-refractivity contribution in [3.8, 4) is 0 Å². The Labute approximate surface area is 129 Å². The van der Waals surface area contributed by atoms with Crippen molar-refractivity contribution < 1.29 is 14.9 Å². The molecule has 2 rings (SSSR count). The molecule has 0 spiro atoms. The van der Waals surface area contributed by atoms with Gasteiger partial charge in [0.15, 0.2) is 0 Å². The number of nitrogens with one attached hydrogen (secondary N) is 1. The number of hydrogen-bond donors (Lipinski definition) is 3. The molecule has 3 atom stereocenters. The number of aliphatic hydroxyl groups is 2. The van der Waals surface area contributed by atoms with E-state index in [2.05, 4.69) is 20.9 Å². The minimum absolute atomic E-state index is 0.306. The Morgan fingerprint density at radius 2 is 2.24 bits per heavy atom. The lowest BCUT2D eigenvalue weighted by Crippen LogP contribution is -2.37. The van der Waals surface area contributed by atoms with E-state index in [-0.39, 0.29) is 6.61 Å². The molecule has 1 aliphatic heterocycles. The van der Waals surface area contributed by atoms with Gasteiger partial charge in [0.1, 0.15) is 12.3 Å². The molecule has 8 heteroatoms. The molecule has 0 amide bonds. The van der Waals surface area contributed by atoms with E-state index in [1.54, 1.807) is 0 Å². The average Bonchev–Trinajstić information content (AvgIpc) is 2.63. The van der Waals surface area contributed by atoms with Gasteiger partial charge in [0.25, 0.3) is 5.56 Å². The highest BCUT2D eigenvalue weighted by Gasteiger charge is 2.28. The quantitative estimate of drug-likeness (QED) is 0.720. The maximum absolute atomic E-state index is 12.0. The highest BCUT2D eigenvalue weighted by molar-refractivity contribution is 9.11. The van der Waals surface area contributed by atoms with Crippen LogP contribution in [-0.4, -0.2) is 38.6 Å². The predicted molar refractivity (Wildman–Crippen MR) is 80.1 cm³/mol. The van der Waals surface area contributed by atoms with Crippen molar-refractivity contribution in [1.82, 2.24) is 9.55 Å². The van der Waals surface area contributed by atoms with Crippen LogP contribution in [0.5, 0.6) is 0 Å². The van der Waals surface area contributed by atoms with E-state index >= 15 is 0 Å². The Bertz CT molecular complexity index is 624. The molecule has 21 heavy (non-hydrogen) atoms. The first-order valence-electron chi connectivity index (χ1n) is 6.63. The molecule has 1 aromatic rings. The van der Waals surface area contributed by atoms with E-state index in [1.165, 1.54) is 21.8 Å². The van der Waals surface area contributed by atoms with Crippen LogP contribution in [0.1, 0.15) is 31.1 Å². The Morgan fingerprint density at radius 1 is 1.48 bits per heavy atom. The number of ether oxygens (including phenoxy) is 1. The maximum Gasteiger partial charge on any atom is 0.330 e. The molecule has 3 N–H and O–H groups in total. The van der Waals surface area contributed by atoms with Crippen molar-refractivity contribution in [2.24, 2.45) is 0 Å². The number of H-pyrrole nitrogens is 1. The molecule has 0 saturated carbocycles. The number of nitrogens with zero attached hydrogens (tertiary/aromatic N) is 1. The van der Waals surface area contributed by atoms with Crippen LogP contribution in [0.3, 0.4) is 0 Å². The smallest absolute Gasteiger partial charge is 0.330 e. The van der Waals surface area contributed by atoms with Crippen molar-refractivity contribution in [3.05, 3.63) is 37.6 Å². The normalized spacial score (nSPS) is 26.9. The van der Waals surface area contributed by atoms with Crippen LogP contribution in [-0.2, 0) is 4.74 Å². The first kappa shape index (κ1) is 16.2. The summed E-state index contributed by atoms with van der Waals surface area (Å²) in [5.74, 6) is 0. The van der Waals surface area contributed by atoms with Gasteiger partial charge in [-0.05, 0) is 30.3 Å². The summed E-state index contributed by atoms with van der Waals surface area (Å²) >= 11 is 3.08. The summed E-state index contributed by atoms with van der Waals surface area (Å²) in [7, 11) is 0. The van der Waals surface area contributed by atoms with Crippen molar-refractivity contribution >= 4 is 22.0 Å². The molecule has 2 heterocycles. The summed E-state index contributed by atoms with van der Waals surface area (Å²) in [6.45, 7) is -0.329. The molecule has 1 aliphatic rings. The molecule has 1 fully saturated rings. The second kappa shape index (κ2) is 7.17. The van der Waals surface area contributed by atoms with E-state index in [4.69, 9.17) is 4.74 Å². The molecule has 116 valence electrons. The summed E-state index contributed by atoms with van der Waals surface area (Å²) in [4.78, 5) is 27.3. The van der Waals surface area contributed by atoms with Gasteiger partial charge in [-0.15, -0.1) is 0 Å². The Kier molecular flexibility index (Phi) is 5.51. The van der Waals surface area contributed by atoms with Crippen molar-refractivity contribution in [1.29, 1.82) is 0 Å². The predicted octanol–water partition coefficient (Wildman–Crippen LogP) is 0.323. The van der Waals surface area contributed by atoms with E-state index in [0.717, 1.165) is 0 Å². The van der Waals surface area contributed by atoms with E-state index in [0.29, 0.717) is 24.8 Å². The van der Waals surface area contributed by atoms with Crippen molar-refractivity contribution in [2.75, 3.05) is 6.61 Å². The molecule has 1 saturated heterocycles. The number of aliphatic hydroxyl groups excluding tert-OH is 2. The van der Waals surface area contributed by atoms with Gasteiger partial charge in [0.05, 0.1) is 18.3 Å². The van der Waals surface area contributed by atoms with Gasteiger partial charge in [-0.25, -0.2) is 4.79 Å². The minimum atomic E-state index is -0.764. The monoisotopic (exact) mass is 360 g/mol. The fourth-order valence-corrected chi connectivity index (χ4v) is 2.60. The lowest BCUT2D eigenvalue weighted by molar-refractivity contribution is -0.113. The largest absolute Gasteiger partial charge is 0.394 e. The summed E-state index contributed by atoms with van der Waals surface area (Å²) < 4.78 is 6.90. The zero-order chi connectivity index (χ0) is 15.4. The SMILES string of the molecule is O=c1[nH]c(=O)n([C@H]2CCC[C@H](O)[C@@H](CO)O2)cc1/C=C/Br. The summed E-state index contributed by atoms with van der Waals surface area (Å²) in [5.41, 5.74) is -0.760. The topological polar surface area (TPSA) is 105 Å². The fraction of sp³-hybridized carbons (Fsp3) is 0.538. The minimum Gasteiger partial charge on any atom is -0.394 e. The third kappa shape index (κ3) is 3.70. The van der Waals surface area contributed by atoms with Crippen LogP contribution in [0, 0.1) is 0 Å². The molecule has 0 unspecified atom stereocenters. The van der Waals surface area contributed by atoms with E-state index in [9.17, 15) is 19.8 Å². The van der Waals surface area contributed by atoms with Gasteiger partial charge in [0, 0.05) is 6.20 Å². The zero-order valence-corrected chi connectivity index (χ0v) is 12.8. The average molecular weight is 361 g/mol. The second-order valence-electron chi connectivity index (χ2n) is 4.85. The van der Waals surface area contributed by atoms with Crippen LogP contribution < -0.4 is 11.2 Å². The van der Waals surface area contributed by atoms with E-state index < -0.39 is 29.7 Å². The summed E-state index contributed by atoms with van der Waals surface area (Å²) in [5, 5.41) is 19.1. The number of aromatic nitrogens is 2. The van der Waals surface area contributed by atoms with Gasteiger partial charge in [0.2, 0.25) is 0 Å². The van der Waals surface area contributed by atoms with Gasteiger partial charge in [-0.2, -0.15) is 0 Å². The molecular formula is C13H17BrN2O5. The number of halogens is 1. The van der Waals surface area contributed by atoms with Crippen molar-refractivity contribution in [2.45, 2.75) is 37.7 Å². The van der Waals surface area contributed by atoms with Crippen LogP contribution in [0.25, 0.3) is 6.08 Å². The lowest BCUT2D eigenvalue weighted by atomic mass is 10.1. The standard InChI is InChI=1S/C13H17BrN2O5/c14-5-4-8-6-16(13(20)15-12(8)19)11-3-1-2-9(18)10(7-17)21-11/h4-6,9-11,17-18H,1-3,7H2,(H,15,19,20)/b5-4+/t9-,10+,11+/m0/s1. The van der Waals surface area contributed by atoms with Gasteiger partial charge in [-0.3, -0.25) is 14.3 Å². The first-order valence-corrected chi connectivity index (χ1v) is 7.55. The summed E-state index contributed by atoms with van der Waals surface area (Å²) in [6, 6.07) is 0. The highest BCUT2D eigenvalue weighted by Crippen LogP contribution is 2.25. The van der Waals surface area contributed by atoms with Crippen LogP contribution in [0.2, 0.25) is 0 Å². The lowest BCUT2D eigenvalue weighted by Gasteiger charge is -2.24. The molecule has 7 nitrogen and oxygen atoms in total. The third-order valence-corrected chi connectivity index (χ3v) is 3.70. The zero-order valence-electron chi connectivity index (χ0n) is 11.2. The Morgan fingerprint density at radius 3 is 2.90 bits per heavy atom. The number of aromatic amines is 1. The Hall–Kier alpha value is -1.22. The third-order valence-electron chi connectivity index (χ3n) is 3.44. The maximum atomic E-state index is 12.0. The molecule has 0 bridgehead atoms. The molecule has 0 aliphatic carbocycles. The van der Waals surface area contributed by atoms with Gasteiger partial charge >= 0.3 is 5.69 Å². The first-order chi connectivity index (χ1) is 10.1. The number of hydrogen-bond acceptors (Lipinski definition) is 5. The molecular weight excluding hydrogens is 344 g/mol. The number of rotatable bonds is 3. The van der Waals surface area contributed by atoms with E-state index in [1.807, 2.05) is 0 Å². The van der Waals surface area contributed by atoms with Crippen LogP contribution in [0.15, 0.2) is 20.8 Å². The molecule has 0 radical (unpaired) electrons. The highest BCUT2D eigenvalue weighted by atomic mass is 79.9. The summed E-state index contributed by atoms with van der Waals surface area (Å²) in [6.07, 6.45) is 2.44. The Balaban J connectivity index is 2.38. The molecule has 1 aromatic heterocycles. The second-order valence-corrected chi connectivity index (χ2v) is 5.38. The van der Waals surface area contributed by atoms with Crippen LogP contribution in [0.4, 0.5) is 0 Å². The van der Waals surface area contributed by atoms with Gasteiger partial charge < -0.3 is 14.9 Å². The molecule has 0 aromatic carbocycles.